The van der Waals surface area contributed by atoms with Crippen LogP contribution in [0.5, 0.6) is 5.88 Å². The summed E-state index contributed by atoms with van der Waals surface area (Å²) in [5.41, 5.74) is 7.84. The van der Waals surface area contributed by atoms with E-state index in [0.29, 0.717) is 24.9 Å². The van der Waals surface area contributed by atoms with Gasteiger partial charge in [0.25, 0.3) is 0 Å². The van der Waals surface area contributed by atoms with Gasteiger partial charge in [-0.25, -0.2) is 4.98 Å². The van der Waals surface area contributed by atoms with Gasteiger partial charge in [0.1, 0.15) is 6.61 Å². The number of nitrogens with zero attached hydrogens (tertiary/aromatic N) is 2. The van der Waals surface area contributed by atoms with Gasteiger partial charge in [-0.1, -0.05) is 27.7 Å². The molecule has 0 bridgehead atoms. The molecule has 0 fully saturated rings. The summed E-state index contributed by atoms with van der Waals surface area (Å²) < 4.78 is 5.77. The van der Waals surface area contributed by atoms with E-state index in [9.17, 15) is 0 Å². The third-order valence-electron chi connectivity index (χ3n) is 3.26. The van der Waals surface area contributed by atoms with E-state index in [1.54, 1.807) is 0 Å². The number of hydrogen-bond donors (Lipinski definition) is 1. The minimum absolute atomic E-state index is 0.386. The standard InChI is InChI=1S/C15H27N3O/c1-5-18(6-2)7-8-19-15-10-13(11-16)9-14(17-15)12(3)4/h9-10,12H,5-8,11,16H2,1-4H3. The first-order chi connectivity index (χ1) is 9.10. The quantitative estimate of drug-likeness (QED) is 0.784. The Morgan fingerprint density at radius 3 is 2.47 bits per heavy atom. The van der Waals surface area contributed by atoms with Crippen molar-refractivity contribution in [2.75, 3.05) is 26.2 Å². The Morgan fingerprint density at radius 1 is 1.26 bits per heavy atom. The first-order valence-corrected chi connectivity index (χ1v) is 7.16. The molecule has 0 saturated carbocycles. The Hall–Kier alpha value is -1.13. The first-order valence-electron chi connectivity index (χ1n) is 7.16. The summed E-state index contributed by atoms with van der Waals surface area (Å²) in [6, 6.07) is 4.00. The number of hydrogen-bond acceptors (Lipinski definition) is 4. The van der Waals surface area contributed by atoms with E-state index in [-0.39, 0.29) is 0 Å². The van der Waals surface area contributed by atoms with Crippen molar-refractivity contribution in [3.05, 3.63) is 23.4 Å². The van der Waals surface area contributed by atoms with Crippen LogP contribution in [0.3, 0.4) is 0 Å². The molecule has 1 aromatic heterocycles. The smallest absolute Gasteiger partial charge is 0.213 e. The second-order valence-electron chi connectivity index (χ2n) is 4.97. The van der Waals surface area contributed by atoms with Crippen molar-refractivity contribution in [3.8, 4) is 5.88 Å². The summed E-state index contributed by atoms with van der Waals surface area (Å²) in [6.45, 7) is 12.8. The first kappa shape index (κ1) is 15.9. The van der Waals surface area contributed by atoms with Crippen LogP contribution >= 0.6 is 0 Å². The third kappa shape index (κ3) is 5.17. The molecule has 0 aromatic carbocycles. The average Bonchev–Trinajstić information content (AvgIpc) is 2.43. The van der Waals surface area contributed by atoms with Gasteiger partial charge in [0.15, 0.2) is 0 Å². The summed E-state index contributed by atoms with van der Waals surface area (Å²) in [5, 5.41) is 0. The molecule has 0 radical (unpaired) electrons. The molecule has 4 heteroatoms. The molecule has 0 aliphatic carbocycles. The molecule has 4 nitrogen and oxygen atoms in total. The lowest BCUT2D eigenvalue weighted by Gasteiger charge is -2.18. The number of pyridine rings is 1. The molecule has 108 valence electrons. The number of nitrogens with two attached hydrogens (primary N) is 1. The molecule has 0 atom stereocenters. The molecule has 1 aromatic rings. The molecular formula is C15H27N3O. The Labute approximate surface area is 117 Å². The highest BCUT2D eigenvalue weighted by atomic mass is 16.5. The van der Waals surface area contributed by atoms with E-state index < -0.39 is 0 Å². The van der Waals surface area contributed by atoms with Crippen molar-refractivity contribution in [2.24, 2.45) is 5.73 Å². The Kier molecular flexibility index (Phi) is 6.81. The average molecular weight is 265 g/mol. The van der Waals surface area contributed by atoms with Crippen LogP contribution < -0.4 is 10.5 Å². The monoisotopic (exact) mass is 265 g/mol. The van der Waals surface area contributed by atoms with Crippen LogP contribution in [0.2, 0.25) is 0 Å². The number of likely N-dealkylation sites (N-methyl/N-ethyl adjacent to an activating group) is 1. The predicted octanol–water partition coefficient (Wildman–Crippen LogP) is 2.38. The number of ether oxygens (including phenoxy) is 1. The molecule has 0 spiro atoms. The van der Waals surface area contributed by atoms with Crippen LogP contribution in [0.4, 0.5) is 0 Å². The van der Waals surface area contributed by atoms with Gasteiger partial charge in [-0.2, -0.15) is 0 Å². The lowest BCUT2D eigenvalue weighted by atomic mass is 10.1. The maximum atomic E-state index is 5.77. The van der Waals surface area contributed by atoms with Gasteiger partial charge in [0.2, 0.25) is 5.88 Å². The third-order valence-corrected chi connectivity index (χ3v) is 3.26. The van der Waals surface area contributed by atoms with E-state index in [0.717, 1.165) is 30.9 Å². The van der Waals surface area contributed by atoms with Gasteiger partial charge in [-0.3, -0.25) is 0 Å². The molecule has 0 aliphatic rings. The highest BCUT2D eigenvalue weighted by molar-refractivity contribution is 5.26. The van der Waals surface area contributed by atoms with Crippen molar-refractivity contribution < 1.29 is 4.74 Å². The lowest BCUT2D eigenvalue weighted by molar-refractivity contribution is 0.217. The summed E-state index contributed by atoms with van der Waals surface area (Å²) in [4.78, 5) is 6.86. The van der Waals surface area contributed by atoms with Crippen LogP contribution in [-0.4, -0.2) is 36.1 Å². The topological polar surface area (TPSA) is 51.4 Å². The fourth-order valence-corrected chi connectivity index (χ4v) is 1.89. The van der Waals surface area contributed by atoms with Crippen molar-refractivity contribution in [1.82, 2.24) is 9.88 Å². The van der Waals surface area contributed by atoms with Crippen LogP contribution in [-0.2, 0) is 6.54 Å². The van der Waals surface area contributed by atoms with Crippen LogP contribution in [0.1, 0.15) is 44.9 Å². The highest BCUT2D eigenvalue weighted by Gasteiger charge is 2.07. The second-order valence-corrected chi connectivity index (χ2v) is 4.97. The zero-order valence-electron chi connectivity index (χ0n) is 12.6. The summed E-state index contributed by atoms with van der Waals surface area (Å²) in [6.07, 6.45) is 0. The SMILES string of the molecule is CCN(CC)CCOc1cc(CN)cc(C(C)C)n1. The van der Waals surface area contributed by atoms with Gasteiger partial charge >= 0.3 is 0 Å². The molecule has 1 heterocycles. The van der Waals surface area contributed by atoms with Gasteiger partial charge in [-0.15, -0.1) is 0 Å². The van der Waals surface area contributed by atoms with Gasteiger partial charge < -0.3 is 15.4 Å². The molecule has 19 heavy (non-hydrogen) atoms. The van der Waals surface area contributed by atoms with Gasteiger partial charge in [-0.05, 0) is 30.6 Å². The summed E-state index contributed by atoms with van der Waals surface area (Å²) >= 11 is 0. The van der Waals surface area contributed by atoms with Crippen molar-refractivity contribution in [3.63, 3.8) is 0 Å². The van der Waals surface area contributed by atoms with E-state index in [4.69, 9.17) is 10.5 Å². The number of aromatic nitrogens is 1. The lowest BCUT2D eigenvalue weighted by Crippen LogP contribution is -2.28. The summed E-state index contributed by atoms with van der Waals surface area (Å²) in [7, 11) is 0. The maximum Gasteiger partial charge on any atom is 0.213 e. The highest BCUT2D eigenvalue weighted by Crippen LogP contribution is 2.18. The molecular weight excluding hydrogens is 238 g/mol. The molecule has 2 N–H and O–H groups in total. The largest absolute Gasteiger partial charge is 0.476 e. The van der Waals surface area contributed by atoms with Crippen molar-refractivity contribution in [1.29, 1.82) is 0 Å². The van der Waals surface area contributed by atoms with Crippen molar-refractivity contribution >= 4 is 0 Å². The summed E-state index contributed by atoms with van der Waals surface area (Å²) in [5.74, 6) is 1.08. The normalized spacial score (nSPS) is 11.3. The molecule has 0 amide bonds. The minimum Gasteiger partial charge on any atom is -0.476 e. The van der Waals surface area contributed by atoms with Gasteiger partial charge in [0.05, 0.1) is 0 Å². The maximum absolute atomic E-state index is 5.77. The van der Waals surface area contributed by atoms with Crippen molar-refractivity contribution in [2.45, 2.75) is 40.2 Å². The van der Waals surface area contributed by atoms with Crippen LogP contribution in [0, 0.1) is 0 Å². The Morgan fingerprint density at radius 2 is 1.95 bits per heavy atom. The predicted molar refractivity (Wildman–Crippen MR) is 79.5 cm³/mol. The zero-order chi connectivity index (χ0) is 14.3. The minimum atomic E-state index is 0.386. The molecule has 1 rings (SSSR count). The number of rotatable bonds is 8. The van der Waals surface area contributed by atoms with Crippen LogP contribution in [0.15, 0.2) is 12.1 Å². The zero-order valence-corrected chi connectivity index (χ0v) is 12.6. The Bertz CT molecular complexity index is 376. The van der Waals surface area contributed by atoms with E-state index in [2.05, 4.69) is 43.6 Å². The fourth-order valence-electron chi connectivity index (χ4n) is 1.89. The van der Waals surface area contributed by atoms with Gasteiger partial charge in [0, 0.05) is 24.8 Å². The van der Waals surface area contributed by atoms with Crippen LogP contribution in [0.25, 0.3) is 0 Å². The second kappa shape index (κ2) is 8.12. The Balaban J connectivity index is 2.64. The van der Waals surface area contributed by atoms with E-state index >= 15 is 0 Å². The fraction of sp³-hybridized carbons (Fsp3) is 0.667. The van der Waals surface area contributed by atoms with E-state index in [1.165, 1.54) is 0 Å². The molecule has 0 unspecified atom stereocenters. The van der Waals surface area contributed by atoms with E-state index in [1.807, 2.05) is 6.07 Å². The molecule has 0 aliphatic heterocycles. The molecule has 0 saturated heterocycles.